The number of carbonyl (C=O) groups excluding carboxylic acids is 1. The molecule has 1 aromatic rings. The molecule has 4 nitrogen and oxygen atoms in total. The molecule has 0 spiro atoms. The molecule has 7 heteroatoms. The molecule has 0 aliphatic heterocycles. The molecule has 0 unspecified atom stereocenters. The zero-order chi connectivity index (χ0) is 19.4. The van der Waals surface area contributed by atoms with Crippen molar-refractivity contribution in [2.45, 2.75) is 50.4 Å². The third-order valence-electron chi connectivity index (χ3n) is 5.04. The Morgan fingerprint density at radius 1 is 1.15 bits per heavy atom. The molecule has 1 aliphatic rings. The van der Waals surface area contributed by atoms with Gasteiger partial charge in [0, 0.05) is 13.6 Å². The van der Waals surface area contributed by atoms with Gasteiger partial charge in [-0.15, -0.1) is 0 Å². The van der Waals surface area contributed by atoms with Crippen LogP contribution in [0.3, 0.4) is 0 Å². The Bertz CT molecular complexity index is 658. The topological polar surface area (TPSA) is 47.3 Å². The Kier molecular flexibility index (Phi) is 6.30. The third kappa shape index (κ3) is 4.76. The minimum Gasteiger partial charge on any atom is -0.326 e. The summed E-state index contributed by atoms with van der Waals surface area (Å²) in [6, 6.07) is 7.26. The van der Waals surface area contributed by atoms with Crippen LogP contribution in [-0.2, 0) is 17.5 Å². The smallest absolute Gasteiger partial charge is 0.326 e. The predicted octanol–water partition coefficient (Wildman–Crippen LogP) is 3.82. The molecule has 1 aromatic carbocycles. The first kappa shape index (κ1) is 20.2. The van der Waals surface area contributed by atoms with Gasteiger partial charge < -0.3 is 4.90 Å². The fourth-order valence-electron chi connectivity index (χ4n) is 3.40. The number of alkyl halides is 3. The number of nitrogens with zero attached hydrogens (tertiary/aromatic N) is 3. The Balaban J connectivity index is 1.95. The Morgan fingerprint density at radius 3 is 2.23 bits per heavy atom. The molecule has 2 rings (SSSR count). The molecule has 0 radical (unpaired) electrons. The van der Waals surface area contributed by atoms with Crippen LogP contribution in [0, 0.1) is 11.3 Å². The number of carbonyl (C=O) groups is 1. The minimum absolute atomic E-state index is 0.112. The molecular weight excluding hydrogens is 343 g/mol. The first-order chi connectivity index (χ1) is 12.2. The van der Waals surface area contributed by atoms with E-state index in [0.29, 0.717) is 24.9 Å². The summed E-state index contributed by atoms with van der Waals surface area (Å²) < 4.78 is 37.8. The predicted molar refractivity (Wildman–Crippen MR) is 92.0 cm³/mol. The van der Waals surface area contributed by atoms with Gasteiger partial charge >= 0.3 is 6.18 Å². The van der Waals surface area contributed by atoms with Crippen LogP contribution in [0.5, 0.6) is 0 Å². The summed E-state index contributed by atoms with van der Waals surface area (Å²) in [7, 11) is 3.41. The van der Waals surface area contributed by atoms with Crippen LogP contribution in [-0.4, -0.2) is 41.9 Å². The van der Waals surface area contributed by atoms with Crippen molar-refractivity contribution in [3.63, 3.8) is 0 Å². The molecule has 1 fully saturated rings. The van der Waals surface area contributed by atoms with Crippen molar-refractivity contribution in [1.82, 2.24) is 9.80 Å². The summed E-state index contributed by atoms with van der Waals surface area (Å²) >= 11 is 0. The summed E-state index contributed by atoms with van der Waals surface area (Å²) in [6.07, 6.45) is -0.0180. The molecule has 1 saturated carbocycles. The second-order valence-electron chi connectivity index (χ2n) is 7.02. The van der Waals surface area contributed by atoms with E-state index < -0.39 is 17.3 Å². The van der Waals surface area contributed by atoms with Gasteiger partial charge in [-0.2, -0.15) is 18.4 Å². The van der Waals surface area contributed by atoms with Gasteiger partial charge in [0.25, 0.3) is 0 Å². The SMILES string of the molecule is CN(CC(=O)N(C)C1(C#N)CCCCC1)Cc1ccc(C(F)(F)F)cc1. The van der Waals surface area contributed by atoms with Gasteiger partial charge in [-0.25, -0.2) is 0 Å². The Morgan fingerprint density at radius 2 is 1.73 bits per heavy atom. The third-order valence-corrected chi connectivity index (χ3v) is 5.04. The molecule has 0 saturated heterocycles. The molecule has 0 heterocycles. The highest BCUT2D eigenvalue weighted by Crippen LogP contribution is 2.32. The monoisotopic (exact) mass is 367 g/mol. The van der Waals surface area contributed by atoms with Crippen LogP contribution in [0.25, 0.3) is 0 Å². The number of amides is 1. The highest BCUT2D eigenvalue weighted by molar-refractivity contribution is 5.79. The lowest BCUT2D eigenvalue weighted by Gasteiger charge is -2.39. The molecule has 1 aliphatic carbocycles. The number of hydrogen-bond donors (Lipinski definition) is 0. The fourth-order valence-corrected chi connectivity index (χ4v) is 3.40. The zero-order valence-electron chi connectivity index (χ0n) is 15.1. The summed E-state index contributed by atoms with van der Waals surface area (Å²) in [6.45, 7) is 0.470. The number of hydrogen-bond acceptors (Lipinski definition) is 3. The van der Waals surface area contributed by atoms with Gasteiger partial charge in [0.1, 0.15) is 5.54 Å². The largest absolute Gasteiger partial charge is 0.416 e. The summed E-state index contributed by atoms with van der Waals surface area (Å²) in [4.78, 5) is 15.9. The Labute approximate surface area is 152 Å². The van der Waals surface area contributed by atoms with Crippen molar-refractivity contribution < 1.29 is 18.0 Å². The van der Waals surface area contributed by atoms with Crippen LogP contribution in [0.4, 0.5) is 13.2 Å². The van der Waals surface area contributed by atoms with E-state index in [-0.39, 0.29) is 12.5 Å². The van der Waals surface area contributed by atoms with Gasteiger partial charge in [-0.3, -0.25) is 9.69 Å². The standard InChI is InChI=1S/C19H24F3N3O/c1-24(12-15-6-8-16(9-7-15)19(20,21)22)13-17(26)25(2)18(14-23)10-4-3-5-11-18/h6-9H,3-5,10-13H2,1-2H3. The molecule has 0 aromatic heterocycles. The lowest BCUT2D eigenvalue weighted by molar-refractivity contribution is -0.137. The first-order valence-electron chi connectivity index (χ1n) is 8.70. The van der Waals surface area contributed by atoms with E-state index in [1.54, 1.807) is 23.9 Å². The number of halogens is 3. The van der Waals surface area contributed by atoms with Crippen molar-refractivity contribution in [2.24, 2.45) is 0 Å². The van der Waals surface area contributed by atoms with Crippen molar-refractivity contribution in [3.05, 3.63) is 35.4 Å². The van der Waals surface area contributed by atoms with Gasteiger partial charge in [-0.1, -0.05) is 31.4 Å². The molecular formula is C19H24F3N3O. The van der Waals surface area contributed by atoms with Crippen LogP contribution in [0.1, 0.15) is 43.2 Å². The van der Waals surface area contributed by atoms with Gasteiger partial charge in [0.15, 0.2) is 0 Å². The van der Waals surface area contributed by atoms with Crippen LogP contribution in [0.15, 0.2) is 24.3 Å². The molecule has 26 heavy (non-hydrogen) atoms. The van der Waals surface area contributed by atoms with Crippen molar-refractivity contribution in [1.29, 1.82) is 5.26 Å². The molecule has 0 N–H and O–H groups in total. The molecule has 142 valence electrons. The maximum absolute atomic E-state index is 12.6. The lowest BCUT2D eigenvalue weighted by atomic mass is 9.81. The van der Waals surface area contributed by atoms with E-state index in [0.717, 1.165) is 31.4 Å². The molecule has 0 bridgehead atoms. The normalized spacial score (nSPS) is 17.0. The number of nitriles is 1. The van der Waals surface area contributed by atoms with E-state index >= 15 is 0 Å². The zero-order valence-corrected chi connectivity index (χ0v) is 15.1. The van der Waals surface area contributed by atoms with Crippen molar-refractivity contribution in [3.8, 4) is 6.07 Å². The van der Waals surface area contributed by atoms with Crippen molar-refractivity contribution >= 4 is 5.91 Å². The molecule has 1 amide bonds. The quantitative estimate of drug-likeness (QED) is 0.795. The average Bonchev–Trinajstić information content (AvgIpc) is 2.61. The van der Waals surface area contributed by atoms with Gasteiger partial charge in [-0.05, 0) is 37.6 Å². The van der Waals surface area contributed by atoms with Crippen LogP contribution < -0.4 is 0 Å². The van der Waals surface area contributed by atoms with E-state index in [9.17, 15) is 23.2 Å². The van der Waals surface area contributed by atoms with Gasteiger partial charge in [0.2, 0.25) is 5.91 Å². The van der Waals surface area contributed by atoms with Crippen molar-refractivity contribution in [2.75, 3.05) is 20.6 Å². The highest BCUT2D eigenvalue weighted by atomic mass is 19.4. The number of benzene rings is 1. The van der Waals surface area contributed by atoms with Crippen LogP contribution >= 0.6 is 0 Å². The van der Waals surface area contributed by atoms with Crippen LogP contribution in [0.2, 0.25) is 0 Å². The Hall–Kier alpha value is -2.07. The highest BCUT2D eigenvalue weighted by Gasteiger charge is 2.38. The van der Waals surface area contributed by atoms with E-state index in [2.05, 4.69) is 6.07 Å². The number of likely N-dealkylation sites (N-methyl/N-ethyl adjacent to an activating group) is 2. The second kappa shape index (κ2) is 8.09. The summed E-state index contributed by atoms with van der Waals surface area (Å²) in [5.74, 6) is -0.150. The second-order valence-corrected chi connectivity index (χ2v) is 7.02. The van der Waals surface area contributed by atoms with E-state index in [1.165, 1.54) is 12.1 Å². The number of rotatable bonds is 5. The summed E-state index contributed by atoms with van der Waals surface area (Å²) in [5, 5.41) is 9.57. The first-order valence-corrected chi connectivity index (χ1v) is 8.70. The maximum atomic E-state index is 12.6. The maximum Gasteiger partial charge on any atom is 0.416 e. The molecule has 0 atom stereocenters. The lowest BCUT2D eigenvalue weighted by Crippen LogP contribution is -2.52. The fraction of sp³-hybridized carbons (Fsp3) is 0.579. The minimum atomic E-state index is -4.35. The van der Waals surface area contributed by atoms with E-state index in [1.807, 2.05) is 0 Å². The van der Waals surface area contributed by atoms with Gasteiger partial charge in [0.05, 0.1) is 18.2 Å². The summed E-state index contributed by atoms with van der Waals surface area (Å²) in [5.41, 5.74) is -0.721. The van der Waals surface area contributed by atoms with E-state index in [4.69, 9.17) is 0 Å². The average molecular weight is 367 g/mol.